The maximum Gasteiger partial charge on any atom is 0.223 e. The zero-order chi connectivity index (χ0) is 11.4. The molecular formula is C12H18N2O2. The van der Waals surface area contributed by atoms with E-state index < -0.39 is 0 Å². The molecule has 1 fully saturated rings. The van der Waals surface area contributed by atoms with Crippen LogP contribution in [0.4, 0.5) is 0 Å². The van der Waals surface area contributed by atoms with Crippen LogP contribution in [0, 0.1) is 0 Å². The average Bonchev–Trinajstić information content (AvgIpc) is 2.95. The van der Waals surface area contributed by atoms with Gasteiger partial charge in [0.05, 0.1) is 12.8 Å². The third-order valence-corrected chi connectivity index (χ3v) is 2.75. The number of carbonyl (C=O) groups is 1. The first kappa shape index (κ1) is 11.2. The molecule has 1 N–H and O–H groups in total. The number of hydrogen-bond acceptors (Lipinski definition) is 3. The lowest BCUT2D eigenvalue weighted by Crippen LogP contribution is -2.30. The Hall–Kier alpha value is -1.29. The molecule has 1 aliphatic carbocycles. The smallest absolute Gasteiger partial charge is 0.223 e. The van der Waals surface area contributed by atoms with Crippen LogP contribution in [0.3, 0.4) is 0 Å². The van der Waals surface area contributed by atoms with Gasteiger partial charge in [-0.1, -0.05) is 0 Å². The van der Waals surface area contributed by atoms with Gasteiger partial charge in [-0.05, 0) is 25.0 Å². The van der Waals surface area contributed by atoms with Gasteiger partial charge >= 0.3 is 0 Å². The summed E-state index contributed by atoms with van der Waals surface area (Å²) in [5.74, 6) is 0.982. The van der Waals surface area contributed by atoms with Crippen LogP contribution in [-0.4, -0.2) is 30.4 Å². The molecule has 1 heterocycles. The van der Waals surface area contributed by atoms with Crippen molar-refractivity contribution in [1.29, 1.82) is 0 Å². The van der Waals surface area contributed by atoms with E-state index in [0.717, 1.165) is 12.3 Å². The third-order valence-electron chi connectivity index (χ3n) is 2.75. The molecule has 88 valence electrons. The summed E-state index contributed by atoms with van der Waals surface area (Å²) in [6, 6.07) is 4.39. The molecule has 0 unspecified atom stereocenters. The zero-order valence-corrected chi connectivity index (χ0v) is 9.61. The summed E-state index contributed by atoms with van der Waals surface area (Å²) in [7, 11) is 1.81. The molecule has 16 heavy (non-hydrogen) atoms. The predicted octanol–water partition coefficient (Wildman–Crippen LogP) is 1.38. The maximum absolute atomic E-state index is 11.7. The van der Waals surface area contributed by atoms with Gasteiger partial charge in [0.1, 0.15) is 5.76 Å². The summed E-state index contributed by atoms with van der Waals surface area (Å²) in [5.41, 5.74) is 0. The summed E-state index contributed by atoms with van der Waals surface area (Å²) in [6.45, 7) is 1.33. The van der Waals surface area contributed by atoms with Gasteiger partial charge in [-0.25, -0.2) is 0 Å². The topological polar surface area (TPSA) is 45.5 Å². The number of carbonyl (C=O) groups excluding carboxylic acids is 1. The van der Waals surface area contributed by atoms with E-state index in [1.54, 1.807) is 11.2 Å². The second-order valence-corrected chi connectivity index (χ2v) is 4.31. The van der Waals surface area contributed by atoms with Crippen LogP contribution in [0.15, 0.2) is 22.8 Å². The SMILES string of the molecule is CN(Cc1ccco1)C(=O)CCNC1CC1. The molecule has 2 rings (SSSR count). The lowest BCUT2D eigenvalue weighted by molar-refractivity contribution is -0.130. The Morgan fingerprint density at radius 3 is 3.06 bits per heavy atom. The number of hydrogen-bond donors (Lipinski definition) is 1. The normalized spacial score (nSPS) is 15.1. The van der Waals surface area contributed by atoms with Crippen LogP contribution < -0.4 is 5.32 Å². The average molecular weight is 222 g/mol. The Labute approximate surface area is 95.6 Å². The molecule has 4 nitrogen and oxygen atoms in total. The van der Waals surface area contributed by atoms with Gasteiger partial charge in [-0.3, -0.25) is 4.79 Å². The first-order valence-corrected chi connectivity index (χ1v) is 5.75. The molecule has 4 heteroatoms. The van der Waals surface area contributed by atoms with Crippen molar-refractivity contribution < 1.29 is 9.21 Å². The van der Waals surface area contributed by atoms with E-state index in [9.17, 15) is 4.79 Å². The quantitative estimate of drug-likeness (QED) is 0.791. The second kappa shape index (κ2) is 5.16. The lowest BCUT2D eigenvalue weighted by Gasteiger charge is -2.15. The van der Waals surface area contributed by atoms with Crippen molar-refractivity contribution in [3.8, 4) is 0 Å². The van der Waals surface area contributed by atoms with Crippen molar-refractivity contribution in [2.75, 3.05) is 13.6 Å². The number of furan rings is 1. The van der Waals surface area contributed by atoms with E-state index in [-0.39, 0.29) is 5.91 Å². The number of nitrogens with one attached hydrogen (secondary N) is 1. The van der Waals surface area contributed by atoms with E-state index in [4.69, 9.17) is 4.42 Å². The Balaban J connectivity index is 1.66. The van der Waals surface area contributed by atoms with Crippen LogP contribution in [0.25, 0.3) is 0 Å². The molecule has 0 aromatic carbocycles. The molecule has 1 aromatic heterocycles. The molecule has 0 saturated heterocycles. The van der Waals surface area contributed by atoms with Crippen molar-refractivity contribution >= 4 is 5.91 Å². The molecule has 0 bridgehead atoms. The Bertz CT molecular complexity index is 331. The monoisotopic (exact) mass is 222 g/mol. The largest absolute Gasteiger partial charge is 0.467 e. The van der Waals surface area contributed by atoms with Gasteiger partial charge in [0.15, 0.2) is 0 Å². The summed E-state index contributed by atoms with van der Waals surface area (Å²) in [6.07, 6.45) is 4.71. The lowest BCUT2D eigenvalue weighted by atomic mass is 10.3. The Kier molecular flexibility index (Phi) is 3.62. The summed E-state index contributed by atoms with van der Waals surface area (Å²) in [5, 5.41) is 3.33. The minimum atomic E-state index is 0.157. The Morgan fingerprint density at radius 1 is 1.62 bits per heavy atom. The van der Waals surface area contributed by atoms with Gasteiger partial charge in [-0.2, -0.15) is 0 Å². The van der Waals surface area contributed by atoms with E-state index >= 15 is 0 Å². The molecule has 1 aromatic rings. The van der Waals surface area contributed by atoms with Crippen molar-refractivity contribution in [3.05, 3.63) is 24.2 Å². The number of rotatable bonds is 6. The van der Waals surface area contributed by atoms with Crippen molar-refractivity contribution in [3.63, 3.8) is 0 Å². The summed E-state index contributed by atoms with van der Waals surface area (Å²) < 4.78 is 5.20. The second-order valence-electron chi connectivity index (χ2n) is 4.31. The highest BCUT2D eigenvalue weighted by Gasteiger charge is 2.20. The molecule has 0 aliphatic heterocycles. The van der Waals surface area contributed by atoms with E-state index in [1.807, 2.05) is 19.2 Å². The standard InChI is InChI=1S/C12H18N2O2/c1-14(9-11-3-2-8-16-11)12(15)6-7-13-10-4-5-10/h2-3,8,10,13H,4-7,9H2,1H3. The molecule has 0 atom stereocenters. The molecular weight excluding hydrogens is 204 g/mol. The molecule has 0 spiro atoms. The van der Waals surface area contributed by atoms with Gasteiger partial charge in [-0.15, -0.1) is 0 Å². The van der Waals surface area contributed by atoms with Crippen LogP contribution >= 0.6 is 0 Å². The summed E-state index contributed by atoms with van der Waals surface area (Å²) >= 11 is 0. The van der Waals surface area contributed by atoms with E-state index in [2.05, 4.69) is 5.32 Å². The first-order valence-electron chi connectivity index (χ1n) is 5.75. The fraction of sp³-hybridized carbons (Fsp3) is 0.583. The van der Waals surface area contributed by atoms with Crippen LogP contribution in [0.5, 0.6) is 0 Å². The van der Waals surface area contributed by atoms with Crippen molar-refractivity contribution in [2.45, 2.75) is 31.8 Å². The van der Waals surface area contributed by atoms with Crippen molar-refractivity contribution in [1.82, 2.24) is 10.2 Å². The van der Waals surface area contributed by atoms with E-state index in [0.29, 0.717) is 19.0 Å². The first-order chi connectivity index (χ1) is 7.75. The minimum absolute atomic E-state index is 0.157. The maximum atomic E-state index is 11.7. The fourth-order valence-electron chi connectivity index (χ4n) is 1.59. The molecule has 1 amide bonds. The number of amides is 1. The van der Waals surface area contributed by atoms with Gasteiger partial charge in [0.2, 0.25) is 5.91 Å². The highest BCUT2D eigenvalue weighted by molar-refractivity contribution is 5.75. The fourth-order valence-corrected chi connectivity index (χ4v) is 1.59. The van der Waals surface area contributed by atoms with Crippen molar-refractivity contribution in [2.24, 2.45) is 0 Å². The minimum Gasteiger partial charge on any atom is -0.467 e. The Morgan fingerprint density at radius 2 is 2.44 bits per heavy atom. The van der Waals surface area contributed by atoms with Gasteiger partial charge < -0.3 is 14.6 Å². The molecule has 0 radical (unpaired) electrons. The van der Waals surface area contributed by atoms with Crippen LogP contribution in [-0.2, 0) is 11.3 Å². The highest BCUT2D eigenvalue weighted by Crippen LogP contribution is 2.18. The molecule has 1 aliphatic rings. The number of nitrogens with zero attached hydrogens (tertiary/aromatic N) is 1. The highest BCUT2D eigenvalue weighted by atomic mass is 16.3. The van der Waals surface area contributed by atoms with Gasteiger partial charge in [0.25, 0.3) is 0 Å². The molecule has 1 saturated carbocycles. The zero-order valence-electron chi connectivity index (χ0n) is 9.61. The third kappa shape index (κ3) is 3.38. The van der Waals surface area contributed by atoms with Gasteiger partial charge in [0, 0.05) is 26.1 Å². The van der Waals surface area contributed by atoms with Crippen LogP contribution in [0.2, 0.25) is 0 Å². The van der Waals surface area contributed by atoms with E-state index in [1.165, 1.54) is 12.8 Å². The van der Waals surface area contributed by atoms with Crippen LogP contribution in [0.1, 0.15) is 25.0 Å². The predicted molar refractivity (Wildman–Crippen MR) is 60.8 cm³/mol. The summed E-state index contributed by atoms with van der Waals surface area (Å²) in [4.78, 5) is 13.4.